The Hall–Kier alpha value is -2.08. The van der Waals surface area contributed by atoms with E-state index in [0.717, 1.165) is 0 Å². The van der Waals surface area contributed by atoms with Crippen LogP contribution in [-0.2, 0) is 10.3 Å². The SMILES string of the molecule is CC(NC(=O)N1CCC(O)C1)(C(=O)O)c1ccccc1. The smallest absolute Gasteiger partial charge is 0.333 e. The van der Waals surface area contributed by atoms with Gasteiger partial charge in [0.1, 0.15) is 0 Å². The summed E-state index contributed by atoms with van der Waals surface area (Å²) in [5, 5.41) is 21.4. The van der Waals surface area contributed by atoms with Crippen LogP contribution in [0.25, 0.3) is 0 Å². The predicted molar refractivity (Wildman–Crippen MR) is 72.2 cm³/mol. The number of aliphatic carboxylic acids is 1. The van der Waals surface area contributed by atoms with Crippen LogP contribution in [0.15, 0.2) is 30.3 Å². The maximum atomic E-state index is 12.1. The van der Waals surface area contributed by atoms with Gasteiger partial charge in [-0.1, -0.05) is 30.3 Å². The number of carbonyl (C=O) groups is 2. The first-order valence-electron chi connectivity index (χ1n) is 6.47. The number of urea groups is 1. The Bertz CT molecular complexity index is 505. The largest absolute Gasteiger partial charge is 0.479 e. The minimum atomic E-state index is -1.49. The van der Waals surface area contributed by atoms with Crippen LogP contribution < -0.4 is 5.32 Å². The quantitative estimate of drug-likeness (QED) is 0.761. The second kappa shape index (κ2) is 5.50. The van der Waals surface area contributed by atoms with Crippen molar-refractivity contribution in [2.45, 2.75) is 25.0 Å². The first-order chi connectivity index (χ1) is 9.43. The molecule has 1 saturated heterocycles. The number of hydrogen-bond donors (Lipinski definition) is 3. The molecule has 2 unspecified atom stereocenters. The Morgan fingerprint density at radius 1 is 1.35 bits per heavy atom. The third-order valence-corrected chi connectivity index (χ3v) is 3.59. The number of carboxylic acid groups (broad SMARTS) is 1. The molecular weight excluding hydrogens is 260 g/mol. The maximum absolute atomic E-state index is 12.1. The normalized spacial score (nSPS) is 21.3. The van der Waals surface area contributed by atoms with Crippen LogP contribution in [0.3, 0.4) is 0 Å². The van der Waals surface area contributed by atoms with Gasteiger partial charge in [0, 0.05) is 13.1 Å². The lowest BCUT2D eigenvalue weighted by Gasteiger charge is -2.29. The molecule has 2 atom stereocenters. The van der Waals surface area contributed by atoms with Crippen molar-refractivity contribution < 1.29 is 19.8 Å². The number of aliphatic hydroxyl groups excluding tert-OH is 1. The minimum Gasteiger partial charge on any atom is -0.479 e. The summed E-state index contributed by atoms with van der Waals surface area (Å²) in [6.07, 6.45) is -0.0173. The van der Waals surface area contributed by atoms with Crippen molar-refractivity contribution >= 4 is 12.0 Å². The summed E-state index contributed by atoms with van der Waals surface area (Å²) in [5.74, 6) is -1.13. The molecule has 1 fully saturated rings. The van der Waals surface area contributed by atoms with E-state index in [4.69, 9.17) is 0 Å². The number of amides is 2. The number of carboxylic acids is 1. The van der Waals surface area contributed by atoms with Crippen LogP contribution in [0.1, 0.15) is 18.9 Å². The van der Waals surface area contributed by atoms with Gasteiger partial charge < -0.3 is 20.4 Å². The number of aliphatic hydroxyl groups is 1. The fraction of sp³-hybridized carbons (Fsp3) is 0.429. The molecule has 0 saturated carbocycles. The zero-order chi connectivity index (χ0) is 14.8. The summed E-state index contributed by atoms with van der Waals surface area (Å²) >= 11 is 0. The molecule has 0 spiro atoms. The average Bonchev–Trinajstić information content (AvgIpc) is 2.86. The van der Waals surface area contributed by atoms with Crippen LogP contribution in [0, 0.1) is 0 Å². The zero-order valence-electron chi connectivity index (χ0n) is 11.2. The lowest BCUT2D eigenvalue weighted by Crippen LogP contribution is -2.53. The molecule has 1 aliphatic heterocycles. The number of nitrogens with zero attached hydrogens (tertiary/aromatic N) is 1. The van der Waals surface area contributed by atoms with Gasteiger partial charge in [-0.3, -0.25) is 0 Å². The molecule has 0 radical (unpaired) electrons. The molecule has 108 valence electrons. The Morgan fingerprint density at radius 3 is 2.50 bits per heavy atom. The lowest BCUT2D eigenvalue weighted by molar-refractivity contribution is -0.144. The number of nitrogens with one attached hydrogen (secondary N) is 1. The van der Waals surface area contributed by atoms with Crippen LogP contribution in [0.4, 0.5) is 4.79 Å². The second-order valence-corrected chi connectivity index (χ2v) is 5.11. The monoisotopic (exact) mass is 278 g/mol. The Kier molecular flexibility index (Phi) is 3.94. The maximum Gasteiger partial charge on any atom is 0.333 e. The molecule has 6 nitrogen and oxygen atoms in total. The Labute approximate surface area is 117 Å². The summed E-state index contributed by atoms with van der Waals surface area (Å²) in [4.78, 5) is 25.1. The number of rotatable bonds is 3. The molecule has 0 aliphatic carbocycles. The van der Waals surface area contributed by atoms with Gasteiger partial charge in [0.25, 0.3) is 0 Å². The molecule has 2 rings (SSSR count). The standard InChI is InChI=1S/C14H18N2O4/c1-14(12(18)19,10-5-3-2-4-6-10)15-13(20)16-8-7-11(17)9-16/h2-6,11,17H,7-9H2,1H3,(H,15,20)(H,18,19). The minimum absolute atomic E-state index is 0.232. The van der Waals surface area contributed by atoms with Gasteiger partial charge in [0.2, 0.25) is 0 Å². The highest BCUT2D eigenvalue weighted by molar-refractivity contribution is 5.87. The third-order valence-electron chi connectivity index (χ3n) is 3.59. The van der Waals surface area contributed by atoms with Gasteiger partial charge >= 0.3 is 12.0 Å². The molecule has 0 bridgehead atoms. The molecule has 1 aromatic rings. The number of carbonyl (C=O) groups excluding carboxylic acids is 1. The zero-order valence-corrected chi connectivity index (χ0v) is 11.2. The van der Waals surface area contributed by atoms with Crippen LogP contribution in [-0.4, -0.2) is 46.3 Å². The average molecular weight is 278 g/mol. The van der Waals surface area contributed by atoms with Crippen molar-refractivity contribution in [1.29, 1.82) is 0 Å². The van der Waals surface area contributed by atoms with E-state index in [2.05, 4.69) is 5.32 Å². The summed E-state index contributed by atoms with van der Waals surface area (Å²) in [6.45, 7) is 2.11. The highest BCUT2D eigenvalue weighted by Gasteiger charge is 2.38. The molecule has 1 aliphatic rings. The summed E-state index contributed by atoms with van der Waals surface area (Å²) < 4.78 is 0. The molecule has 2 amide bonds. The first-order valence-corrected chi connectivity index (χ1v) is 6.47. The molecular formula is C14H18N2O4. The molecule has 0 aromatic heterocycles. The highest BCUT2D eigenvalue weighted by Crippen LogP contribution is 2.22. The van der Waals surface area contributed by atoms with Gasteiger partial charge in [-0.05, 0) is 18.9 Å². The number of benzene rings is 1. The summed E-state index contributed by atoms with van der Waals surface area (Å²) in [7, 11) is 0. The van der Waals surface area contributed by atoms with Crippen molar-refractivity contribution in [3.8, 4) is 0 Å². The van der Waals surface area contributed by atoms with Crippen molar-refractivity contribution in [3.63, 3.8) is 0 Å². The van der Waals surface area contributed by atoms with Gasteiger partial charge in [0.15, 0.2) is 5.54 Å². The van der Waals surface area contributed by atoms with Gasteiger partial charge in [0.05, 0.1) is 6.10 Å². The van der Waals surface area contributed by atoms with E-state index in [9.17, 15) is 19.8 Å². The predicted octanol–water partition coefficient (Wildman–Crippen LogP) is 0.763. The Morgan fingerprint density at radius 2 is 2.00 bits per heavy atom. The molecule has 1 heterocycles. The molecule has 3 N–H and O–H groups in total. The molecule has 20 heavy (non-hydrogen) atoms. The van der Waals surface area contributed by atoms with E-state index < -0.39 is 23.6 Å². The van der Waals surface area contributed by atoms with Gasteiger partial charge in [-0.15, -0.1) is 0 Å². The van der Waals surface area contributed by atoms with Crippen LogP contribution in [0.5, 0.6) is 0 Å². The van der Waals surface area contributed by atoms with E-state index in [-0.39, 0.29) is 6.54 Å². The van der Waals surface area contributed by atoms with Crippen molar-refractivity contribution in [1.82, 2.24) is 10.2 Å². The first kappa shape index (κ1) is 14.3. The Balaban J connectivity index is 2.18. The summed E-state index contributed by atoms with van der Waals surface area (Å²) in [6, 6.07) is 8.07. The lowest BCUT2D eigenvalue weighted by atomic mass is 9.92. The van der Waals surface area contributed by atoms with Gasteiger partial charge in [-0.2, -0.15) is 0 Å². The highest BCUT2D eigenvalue weighted by atomic mass is 16.4. The van der Waals surface area contributed by atoms with Gasteiger partial charge in [-0.25, -0.2) is 9.59 Å². The molecule has 1 aromatic carbocycles. The number of hydrogen-bond acceptors (Lipinski definition) is 3. The fourth-order valence-electron chi connectivity index (χ4n) is 2.24. The fourth-order valence-corrected chi connectivity index (χ4v) is 2.24. The third kappa shape index (κ3) is 2.75. The van der Waals surface area contributed by atoms with E-state index in [1.54, 1.807) is 30.3 Å². The van der Waals surface area contributed by atoms with Crippen LogP contribution in [0.2, 0.25) is 0 Å². The van der Waals surface area contributed by atoms with E-state index in [1.807, 2.05) is 0 Å². The van der Waals surface area contributed by atoms with Crippen molar-refractivity contribution in [2.24, 2.45) is 0 Å². The number of β-amino-alcohol motifs (C(OH)–C–C–N with tert-alkyl or cyclic N) is 1. The van der Waals surface area contributed by atoms with E-state index >= 15 is 0 Å². The van der Waals surface area contributed by atoms with E-state index in [1.165, 1.54) is 11.8 Å². The van der Waals surface area contributed by atoms with Crippen molar-refractivity contribution in [2.75, 3.05) is 13.1 Å². The topological polar surface area (TPSA) is 89.9 Å². The van der Waals surface area contributed by atoms with Crippen molar-refractivity contribution in [3.05, 3.63) is 35.9 Å². The second-order valence-electron chi connectivity index (χ2n) is 5.11. The number of likely N-dealkylation sites (tertiary alicyclic amines) is 1. The molecule has 6 heteroatoms. The summed E-state index contributed by atoms with van der Waals surface area (Å²) in [5.41, 5.74) is -0.994. The van der Waals surface area contributed by atoms with Crippen LogP contribution >= 0.6 is 0 Å². The van der Waals surface area contributed by atoms with E-state index in [0.29, 0.717) is 18.5 Å².